The Morgan fingerprint density at radius 3 is 1.94 bits per heavy atom. The number of piperidine rings is 1. The van der Waals surface area contributed by atoms with Crippen molar-refractivity contribution in [3.8, 4) is 22.5 Å². The SMILES string of the molecule is COC(C)c1nc(-c2ccc(Cl)cc2)c(-c2ccc(Cl)cc2)nc1C(=O)NN1CCCCC1. The number of amides is 1. The van der Waals surface area contributed by atoms with Crippen molar-refractivity contribution in [2.45, 2.75) is 32.3 Å². The first-order chi connectivity index (χ1) is 16.0. The second kappa shape index (κ2) is 10.6. The highest BCUT2D eigenvalue weighted by Crippen LogP contribution is 2.33. The van der Waals surface area contributed by atoms with Crippen molar-refractivity contribution < 1.29 is 9.53 Å². The van der Waals surface area contributed by atoms with Gasteiger partial charge in [0.2, 0.25) is 0 Å². The van der Waals surface area contributed by atoms with E-state index in [9.17, 15) is 4.79 Å². The van der Waals surface area contributed by atoms with Gasteiger partial charge >= 0.3 is 0 Å². The summed E-state index contributed by atoms with van der Waals surface area (Å²) in [5.74, 6) is -0.291. The van der Waals surface area contributed by atoms with Gasteiger partial charge in [-0.15, -0.1) is 0 Å². The summed E-state index contributed by atoms with van der Waals surface area (Å²) in [6.45, 7) is 3.50. The van der Waals surface area contributed by atoms with E-state index in [0.717, 1.165) is 37.1 Å². The van der Waals surface area contributed by atoms with Crippen molar-refractivity contribution in [2.24, 2.45) is 0 Å². The van der Waals surface area contributed by atoms with Crippen molar-refractivity contribution in [2.75, 3.05) is 20.2 Å². The van der Waals surface area contributed by atoms with Crippen LogP contribution in [0.4, 0.5) is 0 Å². The molecule has 1 atom stereocenters. The van der Waals surface area contributed by atoms with Crippen LogP contribution in [0, 0.1) is 0 Å². The smallest absolute Gasteiger partial charge is 0.286 e. The van der Waals surface area contributed by atoms with Gasteiger partial charge in [-0.3, -0.25) is 10.2 Å². The fraction of sp³-hybridized carbons (Fsp3) is 0.320. The zero-order valence-electron chi connectivity index (χ0n) is 18.6. The number of carbonyl (C=O) groups is 1. The Labute approximate surface area is 203 Å². The second-order valence-corrected chi connectivity index (χ2v) is 8.91. The molecule has 1 amide bonds. The molecule has 0 aliphatic carbocycles. The van der Waals surface area contributed by atoms with Crippen molar-refractivity contribution in [3.05, 3.63) is 70.0 Å². The third kappa shape index (κ3) is 5.53. The standard InChI is InChI=1S/C25H26Cl2N4O2/c1-16(33-2)21-24(25(32)30-31-14-4-3-5-15-31)29-23(18-8-12-20(27)13-9-18)22(28-21)17-6-10-19(26)11-7-17/h6-13,16H,3-5,14-15H2,1-2H3,(H,30,32). The number of carbonyl (C=O) groups excluding carboxylic acids is 1. The molecule has 1 N–H and O–H groups in total. The highest BCUT2D eigenvalue weighted by molar-refractivity contribution is 6.31. The lowest BCUT2D eigenvalue weighted by Crippen LogP contribution is -2.45. The maximum Gasteiger partial charge on any atom is 0.286 e. The molecule has 33 heavy (non-hydrogen) atoms. The summed E-state index contributed by atoms with van der Waals surface area (Å²) in [5.41, 5.74) is 6.61. The van der Waals surface area contributed by atoms with E-state index in [-0.39, 0.29) is 11.6 Å². The van der Waals surface area contributed by atoms with Crippen LogP contribution in [-0.2, 0) is 4.74 Å². The van der Waals surface area contributed by atoms with Crippen LogP contribution in [0.2, 0.25) is 10.0 Å². The van der Waals surface area contributed by atoms with E-state index in [1.807, 2.05) is 36.2 Å². The minimum atomic E-state index is -0.426. The highest BCUT2D eigenvalue weighted by Gasteiger charge is 2.26. The largest absolute Gasteiger partial charge is 0.375 e. The summed E-state index contributed by atoms with van der Waals surface area (Å²) in [6.07, 6.45) is 2.86. The number of ether oxygens (including phenoxy) is 1. The van der Waals surface area contributed by atoms with Crippen molar-refractivity contribution in [3.63, 3.8) is 0 Å². The number of hydrazine groups is 1. The molecule has 1 fully saturated rings. The fourth-order valence-electron chi connectivity index (χ4n) is 3.83. The Morgan fingerprint density at radius 2 is 1.42 bits per heavy atom. The zero-order valence-corrected chi connectivity index (χ0v) is 20.2. The average molecular weight is 485 g/mol. The van der Waals surface area contributed by atoms with Gasteiger partial charge in [0.05, 0.1) is 17.5 Å². The lowest BCUT2D eigenvalue weighted by atomic mass is 10.0. The molecule has 1 unspecified atom stereocenters. The van der Waals surface area contributed by atoms with Gasteiger partial charge in [0.15, 0.2) is 5.69 Å². The number of rotatable bonds is 6. The Hall–Kier alpha value is -2.51. The van der Waals surface area contributed by atoms with Gasteiger partial charge in [-0.1, -0.05) is 53.9 Å². The number of benzene rings is 2. The van der Waals surface area contributed by atoms with Gasteiger partial charge in [-0.2, -0.15) is 0 Å². The van der Waals surface area contributed by atoms with Crippen LogP contribution in [-0.4, -0.2) is 41.1 Å². The van der Waals surface area contributed by atoms with E-state index in [0.29, 0.717) is 27.1 Å². The molecule has 2 heterocycles. The van der Waals surface area contributed by atoms with Crippen molar-refractivity contribution >= 4 is 29.1 Å². The molecule has 2 aromatic carbocycles. The second-order valence-electron chi connectivity index (χ2n) is 8.04. The minimum Gasteiger partial charge on any atom is -0.375 e. The molecule has 3 aromatic rings. The first-order valence-corrected chi connectivity index (χ1v) is 11.7. The quantitative estimate of drug-likeness (QED) is 0.467. The van der Waals surface area contributed by atoms with E-state index in [2.05, 4.69) is 5.43 Å². The number of methoxy groups -OCH3 is 1. The fourth-order valence-corrected chi connectivity index (χ4v) is 4.08. The van der Waals surface area contributed by atoms with Crippen LogP contribution in [0.1, 0.15) is 48.5 Å². The van der Waals surface area contributed by atoms with Crippen LogP contribution >= 0.6 is 23.2 Å². The molecule has 0 bridgehead atoms. The van der Waals surface area contributed by atoms with E-state index < -0.39 is 6.10 Å². The van der Waals surface area contributed by atoms with E-state index >= 15 is 0 Å². The lowest BCUT2D eigenvalue weighted by Gasteiger charge is -2.27. The van der Waals surface area contributed by atoms with Crippen LogP contribution < -0.4 is 5.43 Å². The minimum absolute atomic E-state index is 0.248. The predicted molar refractivity (Wildman–Crippen MR) is 131 cm³/mol. The summed E-state index contributed by atoms with van der Waals surface area (Å²) >= 11 is 12.2. The molecule has 0 radical (unpaired) electrons. The summed E-state index contributed by atoms with van der Waals surface area (Å²) in [7, 11) is 1.59. The molecule has 8 heteroatoms. The monoisotopic (exact) mass is 484 g/mol. The topological polar surface area (TPSA) is 67.3 Å². The van der Waals surface area contributed by atoms with Gasteiger partial charge in [0, 0.05) is 41.4 Å². The summed E-state index contributed by atoms with van der Waals surface area (Å²) in [5, 5.41) is 3.19. The number of halogens is 2. The molecule has 1 aliphatic heterocycles. The first-order valence-electron chi connectivity index (χ1n) is 11.0. The number of aromatic nitrogens is 2. The highest BCUT2D eigenvalue weighted by atomic mass is 35.5. The third-order valence-electron chi connectivity index (χ3n) is 5.73. The number of hydrogen-bond acceptors (Lipinski definition) is 5. The molecule has 1 aliphatic rings. The van der Waals surface area contributed by atoms with Crippen LogP contribution in [0.15, 0.2) is 48.5 Å². The molecule has 0 saturated carbocycles. The maximum absolute atomic E-state index is 13.3. The van der Waals surface area contributed by atoms with Crippen LogP contribution in [0.25, 0.3) is 22.5 Å². The van der Waals surface area contributed by atoms with Crippen molar-refractivity contribution in [1.82, 2.24) is 20.4 Å². The van der Waals surface area contributed by atoms with E-state index in [1.165, 1.54) is 6.42 Å². The normalized spacial score (nSPS) is 15.3. The van der Waals surface area contributed by atoms with Gasteiger partial charge in [0.25, 0.3) is 5.91 Å². The Morgan fingerprint density at radius 1 is 0.909 bits per heavy atom. The summed E-state index contributed by atoms with van der Waals surface area (Å²) in [6, 6.07) is 14.7. The van der Waals surface area contributed by atoms with Gasteiger partial charge < -0.3 is 4.74 Å². The third-order valence-corrected chi connectivity index (χ3v) is 6.23. The average Bonchev–Trinajstić information content (AvgIpc) is 2.84. The molecular formula is C25H26Cl2N4O2. The Balaban J connectivity index is 1.86. The number of hydrogen-bond donors (Lipinski definition) is 1. The van der Waals surface area contributed by atoms with Crippen molar-refractivity contribution in [1.29, 1.82) is 0 Å². The molecular weight excluding hydrogens is 459 g/mol. The van der Waals surface area contributed by atoms with E-state index in [1.54, 1.807) is 31.4 Å². The first kappa shape index (κ1) is 23.6. The Bertz CT molecular complexity index is 1110. The van der Waals surface area contributed by atoms with E-state index in [4.69, 9.17) is 37.9 Å². The molecule has 4 rings (SSSR count). The van der Waals surface area contributed by atoms with Gasteiger partial charge in [0.1, 0.15) is 5.69 Å². The molecule has 0 spiro atoms. The van der Waals surface area contributed by atoms with Crippen LogP contribution in [0.5, 0.6) is 0 Å². The summed E-state index contributed by atoms with van der Waals surface area (Å²) in [4.78, 5) is 23.1. The Kier molecular flexibility index (Phi) is 7.60. The van der Waals surface area contributed by atoms with Crippen LogP contribution in [0.3, 0.4) is 0 Å². The number of nitrogens with zero attached hydrogens (tertiary/aromatic N) is 3. The summed E-state index contributed by atoms with van der Waals surface area (Å²) < 4.78 is 5.55. The maximum atomic E-state index is 13.3. The van der Waals surface area contributed by atoms with Gasteiger partial charge in [-0.05, 0) is 44.0 Å². The lowest BCUT2D eigenvalue weighted by molar-refractivity contribution is 0.0728. The molecule has 172 valence electrons. The zero-order chi connectivity index (χ0) is 23.4. The predicted octanol–water partition coefficient (Wildman–Crippen LogP) is 5.96. The number of nitrogens with one attached hydrogen (secondary N) is 1. The van der Waals surface area contributed by atoms with Gasteiger partial charge in [-0.25, -0.2) is 15.0 Å². The molecule has 6 nitrogen and oxygen atoms in total. The molecule has 1 saturated heterocycles. The molecule has 1 aromatic heterocycles.